The molecule has 1 unspecified atom stereocenters. The molecule has 0 bridgehead atoms. The van der Waals surface area contributed by atoms with Crippen molar-refractivity contribution in [1.82, 2.24) is 9.62 Å². The first-order valence-electron chi connectivity index (χ1n) is 4.72. The molecule has 3 N–H and O–H groups in total. The second-order valence-electron chi connectivity index (χ2n) is 3.72. The van der Waals surface area contributed by atoms with E-state index in [1.54, 1.807) is 0 Å². The van der Waals surface area contributed by atoms with Gasteiger partial charge in [0.2, 0.25) is 10.0 Å². The van der Waals surface area contributed by atoms with Gasteiger partial charge < -0.3 is 10.6 Å². The van der Waals surface area contributed by atoms with Gasteiger partial charge >= 0.3 is 0 Å². The largest absolute Gasteiger partial charge is 0.329 e. The Bertz CT molecular complexity index is 239. The Morgan fingerprint density at radius 3 is 2.43 bits per heavy atom. The number of hydrogen-bond donors (Lipinski definition) is 2. The van der Waals surface area contributed by atoms with Gasteiger partial charge in [0.05, 0.1) is 5.75 Å². The fourth-order valence-corrected chi connectivity index (χ4v) is 2.19. The molecule has 1 atom stereocenters. The molecule has 0 aromatic heterocycles. The molecule has 5 nitrogen and oxygen atoms in total. The summed E-state index contributed by atoms with van der Waals surface area (Å²) in [6.45, 7) is 2.89. The summed E-state index contributed by atoms with van der Waals surface area (Å²) >= 11 is 0. The summed E-state index contributed by atoms with van der Waals surface area (Å²) in [7, 11) is 0.747. The third-order valence-corrected chi connectivity index (χ3v) is 3.31. The smallest absolute Gasteiger partial charge is 0.213 e. The molecule has 14 heavy (non-hydrogen) atoms. The van der Waals surface area contributed by atoms with Crippen molar-refractivity contribution in [1.29, 1.82) is 0 Å². The minimum absolute atomic E-state index is 0.000690. The lowest BCUT2D eigenvalue weighted by Gasteiger charge is -2.16. The molecule has 0 saturated heterocycles. The second kappa shape index (κ2) is 6.34. The van der Waals surface area contributed by atoms with Crippen molar-refractivity contribution in [3.05, 3.63) is 0 Å². The lowest BCUT2D eigenvalue weighted by molar-refractivity contribution is 0.379. The van der Waals surface area contributed by atoms with Crippen molar-refractivity contribution in [2.24, 2.45) is 5.73 Å². The van der Waals surface area contributed by atoms with Gasteiger partial charge in [-0.15, -0.1) is 0 Å². The fourth-order valence-electron chi connectivity index (χ4n) is 1.03. The van der Waals surface area contributed by atoms with E-state index in [1.165, 1.54) is 0 Å². The van der Waals surface area contributed by atoms with Crippen molar-refractivity contribution in [3.63, 3.8) is 0 Å². The molecule has 0 amide bonds. The summed E-state index contributed by atoms with van der Waals surface area (Å²) < 4.78 is 25.1. The summed E-state index contributed by atoms with van der Waals surface area (Å²) in [4.78, 5) is 2.02. The van der Waals surface area contributed by atoms with Gasteiger partial charge in [-0.05, 0) is 34.0 Å². The second-order valence-corrected chi connectivity index (χ2v) is 5.59. The van der Waals surface area contributed by atoms with Gasteiger partial charge in [-0.2, -0.15) is 0 Å². The van der Waals surface area contributed by atoms with Gasteiger partial charge in [0.15, 0.2) is 0 Å². The third kappa shape index (κ3) is 7.25. The highest BCUT2D eigenvalue weighted by Gasteiger charge is 2.12. The quantitative estimate of drug-likeness (QED) is 0.593. The van der Waals surface area contributed by atoms with E-state index in [2.05, 4.69) is 4.72 Å². The Labute approximate surface area is 86.7 Å². The van der Waals surface area contributed by atoms with Gasteiger partial charge in [0, 0.05) is 12.6 Å². The van der Waals surface area contributed by atoms with Crippen LogP contribution >= 0.6 is 0 Å². The van der Waals surface area contributed by atoms with Crippen molar-refractivity contribution < 1.29 is 8.42 Å². The van der Waals surface area contributed by atoms with Crippen LogP contribution in [0, 0.1) is 0 Å². The van der Waals surface area contributed by atoms with Crippen LogP contribution in [0.4, 0.5) is 0 Å². The summed E-state index contributed by atoms with van der Waals surface area (Å²) in [5.41, 5.74) is 5.19. The van der Waals surface area contributed by atoms with Crippen LogP contribution in [0.2, 0.25) is 0 Å². The average molecular weight is 223 g/mol. The molecule has 0 radical (unpaired) electrons. The van der Waals surface area contributed by atoms with Crippen LogP contribution in [0.1, 0.15) is 13.3 Å². The lowest BCUT2D eigenvalue weighted by Crippen LogP contribution is -2.37. The van der Waals surface area contributed by atoms with E-state index in [1.807, 2.05) is 25.9 Å². The molecular formula is C8H21N3O2S. The summed E-state index contributed by atoms with van der Waals surface area (Å²) in [6.07, 6.45) is 0.802. The predicted molar refractivity (Wildman–Crippen MR) is 58.6 cm³/mol. The molecule has 0 aliphatic carbocycles. The molecule has 0 aromatic carbocycles. The average Bonchev–Trinajstić information content (AvgIpc) is 1.99. The van der Waals surface area contributed by atoms with Gasteiger partial charge in [0.1, 0.15) is 0 Å². The maximum atomic E-state index is 11.3. The van der Waals surface area contributed by atoms with Crippen LogP contribution in [-0.2, 0) is 10.0 Å². The number of hydrogen-bond acceptors (Lipinski definition) is 4. The zero-order valence-electron chi connectivity index (χ0n) is 9.16. The molecule has 0 aliphatic rings. The van der Waals surface area contributed by atoms with Gasteiger partial charge in [0.25, 0.3) is 0 Å². The Morgan fingerprint density at radius 1 is 1.43 bits per heavy atom. The van der Waals surface area contributed by atoms with Crippen LogP contribution < -0.4 is 10.5 Å². The lowest BCUT2D eigenvalue weighted by atomic mass is 10.2. The van der Waals surface area contributed by atoms with Crippen LogP contribution in [0.5, 0.6) is 0 Å². The standard InChI is InChI=1S/C8H21N3O2S/c1-8(4-6-11(2)3)10-14(12,13)7-5-9/h8,10H,4-7,9H2,1-3H3. The van der Waals surface area contributed by atoms with Gasteiger partial charge in [-0.1, -0.05) is 0 Å². The number of nitrogens with zero attached hydrogens (tertiary/aromatic N) is 1. The molecule has 86 valence electrons. The summed E-state index contributed by atoms with van der Waals surface area (Å²) in [5.74, 6) is -0.000690. The predicted octanol–water partition coefficient (Wildman–Crippen LogP) is -0.795. The van der Waals surface area contributed by atoms with E-state index in [-0.39, 0.29) is 18.3 Å². The van der Waals surface area contributed by atoms with Crippen LogP contribution in [0.15, 0.2) is 0 Å². The first kappa shape index (κ1) is 13.8. The van der Waals surface area contributed by atoms with E-state index in [4.69, 9.17) is 5.73 Å². The van der Waals surface area contributed by atoms with E-state index in [0.29, 0.717) is 0 Å². The first-order valence-corrected chi connectivity index (χ1v) is 6.37. The summed E-state index contributed by atoms with van der Waals surface area (Å²) in [5, 5.41) is 0. The minimum Gasteiger partial charge on any atom is -0.329 e. The maximum absolute atomic E-state index is 11.3. The third-order valence-electron chi connectivity index (χ3n) is 1.78. The highest BCUT2D eigenvalue weighted by Crippen LogP contribution is 1.95. The Hall–Kier alpha value is -0.170. The Morgan fingerprint density at radius 2 is 2.00 bits per heavy atom. The Balaban J connectivity index is 3.87. The summed E-state index contributed by atoms with van der Waals surface area (Å²) in [6, 6.07) is -0.0334. The number of nitrogens with one attached hydrogen (secondary N) is 1. The van der Waals surface area contributed by atoms with E-state index < -0.39 is 10.0 Å². The highest BCUT2D eigenvalue weighted by molar-refractivity contribution is 7.89. The van der Waals surface area contributed by atoms with E-state index >= 15 is 0 Å². The van der Waals surface area contributed by atoms with Crippen LogP contribution in [0.3, 0.4) is 0 Å². The van der Waals surface area contributed by atoms with Crippen molar-refractivity contribution in [2.45, 2.75) is 19.4 Å². The number of rotatable bonds is 7. The topological polar surface area (TPSA) is 75.4 Å². The molecule has 6 heteroatoms. The number of sulfonamides is 1. The molecule has 0 aliphatic heterocycles. The number of nitrogens with two attached hydrogens (primary N) is 1. The van der Waals surface area contributed by atoms with E-state index in [0.717, 1.165) is 13.0 Å². The maximum Gasteiger partial charge on any atom is 0.213 e. The monoisotopic (exact) mass is 223 g/mol. The Kier molecular flexibility index (Phi) is 6.26. The van der Waals surface area contributed by atoms with Gasteiger partial charge in [-0.25, -0.2) is 13.1 Å². The minimum atomic E-state index is -3.17. The SMILES string of the molecule is CC(CCN(C)C)NS(=O)(=O)CCN. The van der Waals surface area contributed by atoms with E-state index in [9.17, 15) is 8.42 Å². The highest BCUT2D eigenvalue weighted by atomic mass is 32.2. The molecule has 0 rings (SSSR count). The molecule has 0 spiro atoms. The molecule has 0 fully saturated rings. The van der Waals surface area contributed by atoms with Gasteiger partial charge in [-0.3, -0.25) is 0 Å². The molecule has 0 saturated carbocycles. The normalized spacial score (nSPS) is 14.6. The molecule has 0 aromatic rings. The zero-order chi connectivity index (χ0) is 11.2. The first-order chi connectivity index (χ1) is 6.37. The van der Waals surface area contributed by atoms with Crippen molar-refractivity contribution in [3.8, 4) is 0 Å². The van der Waals surface area contributed by atoms with Crippen molar-refractivity contribution >= 4 is 10.0 Å². The van der Waals surface area contributed by atoms with Crippen LogP contribution in [0.25, 0.3) is 0 Å². The fraction of sp³-hybridized carbons (Fsp3) is 1.00. The van der Waals surface area contributed by atoms with Crippen LogP contribution in [-0.4, -0.2) is 52.3 Å². The van der Waals surface area contributed by atoms with Crippen molar-refractivity contribution in [2.75, 3.05) is 32.9 Å². The molecule has 0 heterocycles. The molecular weight excluding hydrogens is 202 g/mol. The zero-order valence-corrected chi connectivity index (χ0v) is 9.97.